The highest BCUT2D eigenvalue weighted by atomic mass is 35.5. The molecule has 136 valence electrons. The fourth-order valence-corrected chi connectivity index (χ4v) is 3.64. The Morgan fingerprint density at radius 2 is 1.70 bits per heavy atom. The smallest absolute Gasteiger partial charge is 0.255 e. The fourth-order valence-electron chi connectivity index (χ4n) is 3.42. The van der Waals surface area contributed by atoms with Crippen molar-refractivity contribution in [3.63, 3.8) is 0 Å². The van der Waals surface area contributed by atoms with Crippen LogP contribution >= 0.6 is 11.6 Å². The topological polar surface area (TPSA) is 36.4 Å². The van der Waals surface area contributed by atoms with Crippen molar-refractivity contribution < 1.29 is 4.79 Å². The highest BCUT2D eigenvalue weighted by Gasteiger charge is 2.24. The van der Waals surface area contributed by atoms with Crippen molar-refractivity contribution in [1.29, 1.82) is 0 Å². The van der Waals surface area contributed by atoms with Crippen LogP contribution in [0.25, 0.3) is 16.6 Å². The molecule has 0 bridgehead atoms. The van der Waals surface area contributed by atoms with Crippen LogP contribution in [0, 0.1) is 0 Å². The van der Waals surface area contributed by atoms with Crippen LogP contribution in [-0.2, 0) is 0 Å². The number of nitrogens with zero attached hydrogens (tertiary/aromatic N) is 3. The zero-order chi connectivity index (χ0) is 18.8. The summed E-state index contributed by atoms with van der Waals surface area (Å²) in [6.07, 6.45) is 1.80. The molecule has 3 aromatic rings. The summed E-state index contributed by atoms with van der Waals surface area (Å²) in [7, 11) is 0. The lowest BCUT2D eigenvalue weighted by Crippen LogP contribution is -2.47. The van der Waals surface area contributed by atoms with Crippen LogP contribution in [0.4, 0.5) is 0 Å². The number of hydrogen-bond acceptors (Lipinski definition) is 3. The third-order valence-electron chi connectivity index (χ3n) is 4.99. The van der Waals surface area contributed by atoms with Crippen LogP contribution in [-0.4, -0.2) is 46.9 Å². The molecule has 0 N–H and O–H groups in total. The quantitative estimate of drug-likeness (QED) is 0.682. The van der Waals surface area contributed by atoms with E-state index in [2.05, 4.69) is 34.7 Å². The van der Waals surface area contributed by atoms with Crippen molar-refractivity contribution >= 4 is 34.1 Å². The highest BCUT2D eigenvalue weighted by Crippen LogP contribution is 2.24. The molecule has 0 aliphatic carbocycles. The third kappa shape index (κ3) is 3.53. The van der Waals surface area contributed by atoms with Gasteiger partial charge in [-0.05, 0) is 35.9 Å². The van der Waals surface area contributed by atoms with Crippen molar-refractivity contribution in [2.24, 2.45) is 0 Å². The number of hydrogen-bond donors (Lipinski definition) is 0. The van der Waals surface area contributed by atoms with E-state index >= 15 is 0 Å². The van der Waals surface area contributed by atoms with Gasteiger partial charge in [0.2, 0.25) is 0 Å². The average molecular weight is 378 g/mol. The molecule has 1 saturated heterocycles. The largest absolute Gasteiger partial charge is 0.368 e. The highest BCUT2D eigenvalue weighted by molar-refractivity contribution is 6.33. The first-order valence-corrected chi connectivity index (χ1v) is 9.34. The number of pyridine rings is 1. The lowest BCUT2D eigenvalue weighted by atomic mass is 10.1. The van der Waals surface area contributed by atoms with Crippen molar-refractivity contribution in [3.8, 4) is 0 Å². The molecule has 4 rings (SSSR count). The Kier molecular flexibility index (Phi) is 4.82. The van der Waals surface area contributed by atoms with Gasteiger partial charge in [0.05, 0.1) is 16.1 Å². The van der Waals surface area contributed by atoms with E-state index in [1.54, 1.807) is 18.3 Å². The van der Waals surface area contributed by atoms with Crippen molar-refractivity contribution in [2.45, 2.75) is 0 Å². The molecule has 2 heterocycles. The summed E-state index contributed by atoms with van der Waals surface area (Å²) in [6.45, 7) is 7.08. The Morgan fingerprint density at radius 3 is 2.48 bits per heavy atom. The Labute approximate surface area is 163 Å². The van der Waals surface area contributed by atoms with Gasteiger partial charge in [0.25, 0.3) is 5.91 Å². The number of rotatable bonds is 3. The van der Waals surface area contributed by atoms with Crippen molar-refractivity contribution in [2.75, 3.05) is 26.2 Å². The fraction of sp³-hybridized carbons (Fsp3) is 0.182. The van der Waals surface area contributed by atoms with E-state index in [9.17, 15) is 4.79 Å². The second-order valence-electron chi connectivity index (χ2n) is 6.62. The first-order valence-electron chi connectivity index (χ1n) is 8.96. The first kappa shape index (κ1) is 17.6. The average Bonchev–Trinajstić information content (AvgIpc) is 2.73. The van der Waals surface area contributed by atoms with Gasteiger partial charge in [0.1, 0.15) is 0 Å². The number of carbonyl (C=O) groups excluding carboxylic acids is 1. The molecule has 0 spiro atoms. The first-order chi connectivity index (χ1) is 13.1. The summed E-state index contributed by atoms with van der Waals surface area (Å²) in [5, 5.41) is 1.60. The maximum absolute atomic E-state index is 12.7. The predicted molar refractivity (Wildman–Crippen MR) is 110 cm³/mol. The molecule has 1 amide bonds. The van der Waals surface area contributed by atoms with Crippen LogP contribution in [0.5, 0.6) is 0 Å². The zero-order valence-corrected chi connectivity index (χ0v) is 15.7. The van der Waals surface area contributed by atoms with Crippen LogP contribution < -0.4 is 0 Å². The molecule has 0 saturated carbocycles. The summed E-state index contributed by atoms with van der Waals surface area (Å²) in [4.78, 5) is 21.2. The summed E-state index contributed by atoms with van der Waals surface area (Å²) >= 11 is 6.17. The standard InChI is InChI=1S/C22H20ClN3O/c1-16(17-8-9-21-18(15-17)5-4-10-24-21)25-11-13-26(14-12-25)22(27)19-6-2-3-7-20(19)23/h2-10,15H,1,11-14H2. The zero-order valence-electron chi connectivity index (χ0n) is 14.9. The number of halogens is 1. The molecule has 0 atom stereocenters. The van der Waals surface area contributed by atoms with E-state index in [1.807, 2.05) is 29.2 Å². The van der Waals surface area contributed by atoms with Gasteiger partial charge in [-0.25, -0.2) is 0 Å². The molecule has 27 heavy (non-hydrogen) atoms. The van der Waals surface area contributed by atoms with E-state index in [-0.39, 0.29) is 5.91 Å². The monoisotopic (exact) mass is 377 g/mol. The molecule has 1 aromatic heterocycles. The molecule has 0 radical (unpaired) electrons. The normalized spacial score (nSPS) is 14.4. The minimum absolute atomic E-state index is 0.0114. The maximum Gasteiger partial charge on any atom is 0.255 e. The number of carbonyl (C=O) groups is 1. The number of amides is 1. The van der Waals surface area contributed by atoms with Crippen LogP contribution in [0.2, 0.25) is 5.02 Å². The van der Waals surface area contributed by atoms with Gasteiger partial charge in [0.15, 0.2) is 0 Å². The molecule has 5 heteroatoms. The Hall–Kier alpha value is -2.85. The molecule has 2 aromatic carbocycles. The minimum atomic E-state index is -0.0114. The molecule has 4 nitrogen and oxygen atoms in total. The third-order valence-corrected chi connectivity index (χ3v) is 5.32. The number of fused-ring (bicyclic) bond motifs is 1. The van der Waals surface area contributed by atoms with Gasteiger partial charge in [-0.1, -0.05) is 42.4 Å². The summed E-state index contributed by atoms with van der Waals surface area (Å²) in [5.74, 6) is -0.0114. The van der Waals surface area contributed by atoms with Gasteiger partial charge in [-0.2, -0.15) is 0 Å². The SMILES string of the molecule is C=C(c1ccc2ncccc2c1)N1CCN(C(=O)c2ccccc2Cl)CC1. The van der Waals surface area contributed by atoms with E-state index in [0.717, 1.165) is 35.3 Å². The molecule has 0 unspecified atom stereocenters. The number of piperazine rings is 1. The van der Waals surface area contributed by atoms with Crippen LogP contribution in [0.15, 0.2) is 67.4 Å². The lowest BCUT2D eigenvalue weighted by molar-refractivity contribution is 0.0686. The summed E-state index contributed by atoms with van der Waals surface area (Å²) in [5.41, 5.74) is 3.60. The van der Waals surface area contributed by atoms with Gasteiger partial charge in [0, 0.05) is 43.5 Å². The molecule has 1 aliphatic heterocycles. The summed E-state index contributed by atoms with van der Waals surface area (Å²) in [6, 6.07) is 17.4. The second kappa shape index (κ2) is 7.41. The van der Waals surface area contributed by atoms with E-state index < -0.39 is 0 Å². The molecular weight excluding hydrogens is 358 g/mol. The maximum atomic E-state index is 12.7. The van der Waals surface area contributed by atoms with Gasteiger partial charge in [-0.15, -0.1) is 0 Å². The van der Waals surface area contributed by atoms with Gasteiger partial charge >= 0.3 is 0 Å². The Morgan fingerprint density at radius 1 is 0.963 bits per heavy atom. The molecular formula is C22H20ClN3O. The molecule has 1 fully saturated rings. The van der Waals surface area contributed by atoms with Crippen LogP contribution in [0.1, 0.15) is 15.9 Å². The second-order valence-corrected chi connectivity index (χ2v) is 7.02. The van der Waals surface area contributed by atoms with E-state index in [0.29, 0.717) is 23.7 Å². The number of benzene rings is 2. The lowest BCUT2D eigenvalue weighted by Gasteiger charge is -2.37. The van der Waals surface area contributed by atoms with Crippen molar-refractivity contribution in [3.05, 3.63) is 83.5 Å². The van der Waals surface area contributed by atoms with Crippen molar-refractivity contribution in [1.82, 2.24) is 14.8 Å². The summed E-state index contributed by atoms with van der Waals surface area (Å²) < 4.78 is 0. The Balaban J connectivity index is 1.44. The minimum Gasteiger partial charge on any atom is -0.368 e. The van der Waals surface area contributed by atoms with E-state index in [1.165, 1.54) is 0 Å². The Bertz CT molecular complexity index is 1010. The van der Waals surface area contributed by atoms with Crippen LogP contribution in [0.3, 0.4) is 0 Å². The van der Waals surface area contributed by atoms with E-state index in [4.69, 9.17) is 11.6 Å². The van der Waals surface area contributed by atoms with Gasteiger partial charge in [-0.3, -0.25) is 9.78 Å². The number of aromatic nitrogens is 1. The molecule has 1 aliphatic rings. The van der Waals surface area contributed by atoms with Gasteiger partial charge < -0.3 is 9.80 Å². The predicted octanol–water partition coefficient (Wildman–Crippen LogP) is 4.32.